The monoisotopic (exact) mass is 265 g/mol. The van der Waals surface area contributed by atoms with Crippen LogP contribution in [0.3, 0.4) is 0 Å². The van der Waals surface area contributed by atoms with E-state index in [4.69, 9.17) is 4.74 Å². The first-order valence-electron chi connectivity index (χ1n) is 6.15. The molecule has 5 nitrogen and oxygen atoms in total. The Hall–Kier alpha value is -2.04. The fourth-order valence-corrected chi connectivity index (χ4v) is 1.58. The number of likely N-dealkylation sites (N-methyl/N-ethyl adjacent to an activating group) is 1. The van der Waals surface area contributed by atoms with Crippen LogP contribution in [0.5, 0.6) is 5.75 Å². The number of hydrogen-bond acceptors (Lipinski definition) is 4. The zero-order valence-electron chi connectivity index (χ0n) is 11.5. The van der Waals surface area contributed by atoms with Crippen molar-refractivity contribution >= 4 is 11.9 Å². The van der Waals surface area contributed by atoms with Gasteiger partial charge in [-0.15, -0.1) is 0 Å². The molecule has 0 saturated carbocycles. The van der Waals surface area contributed by atoms with Crippen LogP contribution in [0, 0.1) is 0 Å². The molecule has 0 heterocycles. The second-order valence-electron chi connectivity index (χ2n) is 4.00. The molecule has 0 aliphatic heterocycles. The van der Waals surface area contributed by atoms with Gasteiger partial charge in [0.2, 0.25) is 0 Å². The van der Waals surface area contributed by atoms with Crippen molar-refractivity contribution in [3.05, 3.63) is 30.3 Å². The lowest BCUT2D eigenvalue weighted by Gasteiger charge is -2.23. The number of carbonyl (C=O) groups is 2. The predicted octanol–water partition coefficient (Wildman–Crippen LogP) is 1.48. The maximum absolute atomic E-state index is 12.1. The van der Waals surface area contributed by atoms with Crippen molar-refractivity contribution in [3.8, 4) is 5.75 Å². The summed E-state index contributed by atoms with van der Waals surface area (Å²) < 4.78 is 10.1. The molecule has 104 valence electrons. The van der Waals surface area contributed by atoms with Crippen molar-refractivity contribution < 1.29 is 19.1 Å². The van der Waals surface area contributed by atoms with Gasteiger partial charge in [-0.1, -0.05) is 18.2 Å². The van der Waals surface area contributed by atoms with Crippen LogP contribution in [0.2, 0.25) is 0 Å². The van der Waals surface area contributed by atoms with Crippen LogP contribution < -0.4 is 4.74 Å². The first kappa shape index (κ1) is 15.0. The van der Waals surface area contributed by atoms with E-state index in [1.165, 1.54) is 12.0 Å². The second kappa shape index (κ2) is 7.41. The molecule has 0 aliphatic carbocycles. The summed E-state index contributed by atoms with van der Waals surface area (Å²) in [6.45, 7) is 3.83. The van der Waals surface area contributed by atoms with Gasteiger partial charge < -0.3 is 14.4 Å². The minimum absolute atomic E-state index is 0.0612. The van der Waals surface area contributed by atoms with E-state index in [0.29, 0.717) is 12.3 Å². The summed E-state index contributed by atoms with van der Waals surface area (Å²) in [5, 5.41) is 0. The van der Waals surface area contributed by atoms with Crippen LogP contribution in [0.1, 0.15) is 13.8 Å². The fraction of sp³-hybridized carbons (Fsp3) is 0.429. The Kier molecular flexibility index (Phi) is 5.85. The van der Waals surface area contributed by atoms with E-state index < -0.39 is 12.1 Å². The summed E-state index contributed by atoms with van der Waals surface area (Å²) in [6.07, 6.45) is -0.646. The minimum atomic E-state index is -0.646. The SMILES string of the molecule is CCN(CC(=O)OC)C(=O)C(C)Oc1ccccc1. The number of nitrogens with zero attached hydrogens (tertiary/aromatic N) is 1. The van der Waals surface area contributed by atoms with Gasteiger partial charge in [-0.3, -0.25) is 9.59 Å². The maximum atomic E-state index is 12.1. The average molecular weight is 265 g/mol. The van der Waals surface area contributed by atoms with Gasteiger partial charge in [-0.25, -0.2) is 0 Å². The first-order chi connectivity index (χ1) is 9.08. The molecule has 0 aliphatic rings. The summed E-state index contributed by atoms with van der Waals surface area (Å²) in [5.41, 5.74) is 0. The molecule has 0 bridgehead atoms. The lowest BCUT2D eigenvalue weighted by Crippen LogP contribution is -2.43. The van der Waals surface area contributed by atoms with Crippen molar-refractivity contribution in [2.24, 2.45) is 0 Å². The highest BCUT2D eigenvalue weighted by atomic mass is 16.5. The molecule has 0 spiro atoms. The number of esters is 1. The van der Waals surface area contributed by atoms with E-state index in [0.717, 1.165) is 0 Å². The third-order valence-electron chi connectivity index (χ3n) is 2.64. The van der Waals surface area contributed by atoms with Crippen molar-refractivity contribution in [2.75, 3.05) is 20.2 Å². The number of amides is 1. The lowest BCUT2D eigenvalue weighted by molar-refractivity contribution is -0.149. The van der Waals surface area contributed by atoms with Crippen LogP contribution in [-0.2, 0) is 14.3 Å². The Bertz CT molecular complexity index is 419. The van der Waals surface area contributed by atoms with E-state index in [9.17, 15) is 9.59 Å². The van der Waals surface area contributed by atoms with Crippen LogP contribution in [0.4, 0.5) is 0 Å². The fourth-order valence-electron chi connectivity index (χ4n) is 1.58. The van der Waals surface area contributed by atoms with E-state index in [1.54, 1.807) is 26.0 Å². The number of hydrogen-bond donors (Lipinski definition) is 0. The van der Waals surface area contributed by atoms with Gasteiger partial charge in [0.05, 0.1) is 7.11 Å². The van der Waals surface area contributed by atoms with E-state index in [2.05, 4.69) is 4.74 Å². The molecule has 1 atom stereocenters. The van der Waals surface area contributed by atoms with Gasteiger partial charge in [0.1, 0.15) is 12.3 Å². The molecule has 1 aromatic carbocycles. The predicted molar refractivity (Wildman–Crippen MR) is 70.8 cm³/mol. The topological polar surface area (TPSA) is 55.8 Å². The molecule has 0 fully saturated rings. The first-order valence-corrected chi connectivity index (χ1v) is 6.15. The van der Waals surface area contributed by atoms with Crippen molar-refractivity contribution in [1.82, 2.24) is 4.90 Å². The number of methoxy groups -OCH3 is 1. The number of carbonyl (C=O) groups excluding carboxylic acids is 2. The highest BCUT2D eigenvalue weighted by Gasteiger charge is 2.23. The molecular formula is C14H19NO4. The quantitative estimate of drug-likeness (QED) is 0.731. The number of ether oxygens (including phenoxy) is 2. The standard InChI is InChI=1S/C14H19NO4/c1-4-15(10-13(16)18-3)14(17)11(2)19-12-8-6-5-7-9-12/h5-9,11H,4,10H2,1-3H3. The van der Waals surface area contributed by atoms with Gasteiger partial charge in [-0.05, 0) is 26.0 Å². The molecule has 1 aromatic rings. The maximum Gasteiger partial charge on any atom is 0.325 e. The largest absolute Gasteiger partial charge is 0.481 e. The van der Waals surface area contributed by atoms with E-state index in [1.807, 2.05) is 18.2 Å². The summed E-state index contributed by atoms with van der Waals surface area (Å²) in [4.78, 5) is 24.7. The summed E-state index contributed by atoms with van der Waals surface area (Å²) >= 11 is 0. The Labute approximate surface area is 113 Å². The molecule has 5 heteroatoms. The molecule has 0 aromatic heterocycles. The molecule has 0 N–H and O–H groups in total. The van der Waals surface area contributed by atoms with Gasteiger partial charge in [0, 0.05) is 6.54 Å². The second-order valence-corrected chi connectivity index (χ2v) is 4.00. The zero-order valence-corrected chi connectivity index (χ0v) is 11.5. The van der Waals surface area contributed by atoms with Crippen molar-refractivity contribution in [1.29, 1.82) is 0 Å². The molecule has 1 unspecified atom stereocenters. The number of benzene rings is 1. The summed E-state index contributed by atoms with van der Waals surface area (Å²) in [7, 11) is 1.30. The van der Waals surface area contributed by atoms with Gasteiger partial charge >= 0.3 is 5.97 Å². The minimum Gasteiger partial charge on any atom is -0.481 e. The highest BCUT2D eigenvalue weighted by molar-refractivity contribution is 5.85. The number of para-hydroxylation sites is 1. The average Bonchev–Trinajstić information content (AvgIpc) is 2.44. The molecule has 1 rings (SSSR count). The van der Waals surface area contributed by atoms with E-state index in [-0.39, 0.29) is 12.5 Å². The van der Waals surface area contributed by atoms with Crippen molar-refractivity contribution in [3.63, 3.8) is 0 Å². The molecule has 0 saturated heterocycles. The molecule has 19 heavy (non-hydrogen) atoms. The van der Waals surface area contributed by atoms with Gasteiger partial charge in [0.15, 0.2) is 6.10 Å². The Morgan fingerprint density at radius 3 is 2.42 bits per heavy atom. The van der Waals surface area contributed by atoms with Crippen molar-refractivity contribution in [2.45, 2.75) is 20.0 Å². The van der Waals surface area contributed by atoms with E-state index >= 15 is 0 Å². The van der Waals surface area contributed by atoms with Crippen LogP contribution >= 0.6 is 0 Å². The Morgan fingerprint density at radius 2 is 1.89 bits per heavy atom. The smallest absolute Gasteiger partial charge is 0.325 e. The zero-order chi connectivity index (χ0) is 14.3. The molecule has 0 radical (unpaired) electrons. The van der Waals surface area contributed by atoms with Gasteiger partial charge in [-0.2, -0.15) is 0 Å². The Balaban J connectivity index is 2.61. The normalized spacial score (nSPS) is 11.5. The summed E-state index contributed by atoms with van der Waals surface area (Å²) in [6, 6.07) is 9.09. The van der Waals surface area contributed by atoms with Crippen LogP contribution in [0.15, 0.2) is 30.3 Å². The van der Waals surface area contributed by atoms with Gasteiger partial charge in [0.25, 0.3) is 5.91 Å². The summed E-state index contributed by atoms with van der Waals surface area (Å²) in [5.74, 6) is -0.0589. The lowest BCUT2D eigenvalue weighted by atomic mass is 10.3. The van der Waals surface area contributed by atoms with Crippen LogP contribution in [0.25, 0.3) is 0 Å². The third kappa shape index (κ3) is 4.62. The van der Waals surface area contributed by atoms with Crippen LogP contribution in [-0.4, -0.2) is 43.1 Å². The third-order valence-corrected chi connectivity index (χ3v) is 2.64. The number of rotatable bonds is 6. The Morgan fingerprint density at radius 1 is 1.26 bits per heavy atom. The molecular weight excluding hydrogens is 246 g/mol. The highest BCUT2D eigenvalue weighted by Crippen LogP contribution is 2.12. The molecule has 1 amide bonds.